The number of rotatable bonds is 4. The van der Waals surface area contributed by atoms with E-state index < -0.39 is 6.09 Å². The second kappa shape index (κ2) is 8.41. The molecular formula is C22H34N2O3. The number of hydrogen-bond donors (Lipinski definition) is 2. The first kappa shape index (κ1) is 19.8. The Bertz CT molecular complexity index is 615. The van der Waals surface area contributed by atoms with Crippen LogP contribution >= 0.6 is 0 Å². The van der Waals surface area contributed by atoms with E-state index in [2.05, 4.69) is 26.1 Å². The number of nitrogens with one attached hydrogen (secondary N) is 1. The fourth-order valence-electron chi connectivity index (χ4n) is 4.37. The molecule has 27 heavy (non-hydrogen) atoms. The van der Waals surface area contributed by atoms with Gasteiger partial charge in [0.15, 0.2) is 0 Å². The summed E-state index contributed by atoms with van der Waals surface area (Å²) in [6, 6.07) is 8.30. The zero-order chi connectivity index (χ0) is 19.4. The van der Waals surface area contributed by atoms with E-state index in [9.17, 15) is 4.79 Å². The van der Waals surface area contributed by atoms with Crippen molar-refractivity contribution >= 4 is 11.8 Å². The first-order valence-electron chi connectivity index (χ1n) is 10.3. The number of benzene rings is 1. The SMILES string of the molecule is CC(C)(C)[C@H]1CC[C@H](Oc2ccc(NC3CCCN(C(=O)O)C3)cc2)CC1. The fraction of sp³-hybridized carbons (Fsp3) is 0.682. The lowest BCUT2D eigenvalue weighted by molar-refractivity contribution is 0.0882. The zero-order valence-corrected chi connectivity index (χ0v) is 16.9. The van der Waals surface area contributed by atoms with Gasteiger partial charge in [0.25, 0.3) is 0 Å². The number of ether oxygens (including phenoxy) is 1. The first-order chi connectivity index (χ1) is 12.8. The predicted octanol–water partition coefficient (Wildman–Crippen LogP) is 5.22. The van der Waals surface area contributed by atoms with Crippen molar-refractivity contribution in [2.45, 2.75) is 71.4 Å². The van der Waals surface area contributed by atoms with Gasteiger partial charge in [0.05, 0.1) is 6.10 Å². The molecule has 3 rings (SSSR count). The van der Waals surface area contributed by atoms with Crippen LogP contribution in [0.15, 0.2) is 24.3 Å². The Morgan fingerprint density at radius 2 is 1.78 bits per heavy atom. The van der Waals surface area contributed by atoms with E-state index in [1.54, 1.807) is 0 Å². The number of anilines is 1. The minimum Gasteiger partial charge on any atom is -0.490 e. The van der Waals surface area contributed by atoms with Crippen LogP contribution in [-0.2, 0) is 0 Å². The molecule has 0 aromatic heterocycles. The molecule has 0 spiro atoms. The lowest BCUT2D eigenvalue weighted by atomic mass is 9.72. The smallest absolute Gasteiger partial charge is 0.407 e. The molecule has 5 nitrogen and oxygen atoms in total. The summed E-state index contributed by atoms with van der Waals surface area (Å²) in [5.41, 5.74) is 1.42. The highest BCUT2D eigenvalue weighted by Gasteiger charge is 2.30. The van der Waals surface area contributed by atoms with Gasteiger partial charge in [0.1, 0.15) is 5.75 Å². The van der Waals surface area contributed by atoms with Crippen molar-refractivity contribution in [3.8, 4) is 5.75 Å². The van der Waals surface area contributed by atoms with Crippen LogP contribution in [-0.4, -0.2) is 41.3 Å². The van der Waals surface area contributed by atoms with Gasteiger partial charge < -0.3 is 20.1 Å². The van der Waals surface area contributed by atoms with Gasteiger partial charge in [-0.25, -0.2) is 4.79 Å². The van der Waals surface area contributed by atoms with Gasteiger partial charge in [-0.05, 0) is 74.1 Å². The quantitative estimate of drug-likeness (QED) is 0.758. The molecule has 0 bridgehead atoms. The van der Waals surface area contributed by atoms with Gasteiger partial charge >= 0.3 is 6.09 Å². The van der Waals surface area contributed by atoms with E-state index in [1.807, 2.05) is 24.3 Å². The standard InChI is InChI=1S/C22H34N2O3/c1-22(2,3)16-6-10-19(11-7-16)27-20-12-8-17(9-13-20)23-18-5-4-14-24(15-18)21(25)26/h8-9,12-13,16,18-19,23H,4-7,10-11,14-15H2,1-3H3,(H,25,26)/t16-,18?,19-. The minimum atomic E-state index is -0.827. The summed E-state index contributed by atoms with van der Waals surface area (Å²) >= 11 is 0. The van der Waals surface area contributed by atoms with Gasteiger partial charge in [-0.15, -0.1) is 0 Å². The summed E-state index contributed by atoms with van der Waals surface area (Å²) in [5, 5.41) is 12.6. The van der Waals surface area contributed by atoms with Gasteiger partial charge in [-0.1, -0.05) is 20.8 Å². The molecule has 1 saturated carbocycles. The van der Waals surface area contributed by atoms with Crippen LogP contribution in [0.3, 0.4) is 0 Å². The Morgan fingerprint density at radius 1 is 1.11 bits per heavy atom. The van der Waals surface area contributed by atoms with E-state index in [1.165, 1.54) is 17.7 Å². The summed E-state index contributed by atoms with van der Waals surface area (Å²) in [5.74, 6) is 1.72. The zero-order valence-electron chi connectivity index (χ0n) is 16.9. The molecule has 1 aromatic rings. The Kier molecular flexibility index (Phi) is 6.18. The highest BCUT2D eigenvalue weighted by Crippen LogP contribution is 2.38. The average Bonchev–Trinajstić information content (AvgIpc) is 2.63. The number of nitrogens with zero attached hydrogens (tertiary/aromatic N) is 1. The highest BCUT2D eigenvalue weighted by atomic mass is 16.5. The summed E-state index contributed by atoms with van der Waals surface area (Å²) in [6.45, 7) is 8.20. The molecule has 2 aliphatic rings. The molecule has 1 atom stereocenters. The van der Waals surface area contributed by atoms with Crippen molar-refractivity contribution in [3.63, 3.8) is 0 Å². The number of amides is 1. The third kappa shape index (κ3) is 5.53. The normalized spacial score (nSPS) is 26.5. The van der Waals surface area contributed by atoms with Crippen LogP contribution in [0.2, 0.25) is 0 Å². The molecule has 1 aliphatic carbocycles. The Hall–Kier alpha value is -1.91. The molecule has 5 heteroatoms. The van der Waals surface area contributed by atoms with Crippen molar-refractivity contribution in [1.82, 2.24) is 4.90 Å². The predicted molar refractivity (Wildman–Crippen MR) is 109 cm³/mol. The largest absolute Gasteiger partial charge is 0.490 e. The molecule has 2 N–H and O–H groups in total. The van der Waals surface area contributed by atoms with Gasteiger partial charge in [0, 0.05) is 24.8 Å². The van der Waals surface area contributed by atoms with Gasteiger partial charge in [0.2, 0.25) is 0 Å². The second-order valence-electron chi connectivity index (χ2n) is 9.19. The molecule has 1 aromatic carbocycles. The first-order valence-corrected chi connectivity index (χ1v) is 10.3. The summed E-state index contributed by atoms with van der Waals surface area (Å²) in [7, 11) is 0. The molecule has 2 fully saturated rings. The molecule has 0 radical (unpaired) electrons. The molecule has 1 unspecified atom stereocenters. The molecule has 150 valence electrons. The van der Waals surface area contributed by atoms with E-state index >= 15 is 0 Å². The van der Waals surface area contributed by atoms with Crippen LogP contribution in [0.5, 0.6) is 5.75 Å². The molecular weight excluding hydrogens is 340 g/mol. The number of carboxylic acid groups (broad SMARTS) is 1. The summed E-state index contributed by atoms with van der Waals surface area (Å²) in [6.07, 6.45) is 6.16. The van der Waals surface area contributed by atoms with Crippen LogP contribution in [0.4, 0.5) is 10.5 Å². The van der Waals surface area contributed by atoms with E-state index in [-0.39, 0.29) is 6.04 Å². The third-order valence-electron chi connectivity index (χ3n) is 6.12. The maximum absolute atomic E-state index is 11.1. The number of piperidine rings is 1. The van der Waals surface area contributed by atoms with Crippen LogP contribution in [0.1, 0.15) is 59.3 Å². The number of hydrogen-bond acceptors (Lipinski definition) is 3. The van der Waals surface area contributed by atoms with Crippen LogP contribution in [0, 0.1) is 11.3 Å². The Morgan fingerprint density at radius 3 is 2.37 bits per heavy atom. The number of carbonyl (C=O) groups is 1. The topological polar surface area (TPSA) is 61.8 Å². The molecule has 1 aliphatic heterocycles. The Balaban J connectivity index is 1.47. The fourth-order valence-corrected chi connectivity index (χ4v) is 4.37. The van der Waals surface area contributed by atoms with Crippen molar-refractivity contribution in [3.05, 3.63) is 24.3 Å². The van der Waals surface area contributed by atoms with Crippen molar-refractivity contribution in [1.29, 1.82) is 0 Å². The van der Waals surface area contributed by atoms with E-state index in [0.29, 0.717) is 24.6 Å². The second-order valence-corrected chi connectivity index (χ2v) is 9.19. The monoisotopic (exact) mass is 374 g/mol. The van der Waals surface area contributed by atoms with Gasteiger partial charge in [-0.2, -0.15) is 0 Å². The highest BCUT2D eigenvalue weighted by molar-refractivity contribution is 5.65. The minimum absolute atomic E-state index is 0.175. The van der Waals surface area contributed by atoms with Crippen LogP contribution < -0.4 is 10.1 Å². The number of likely N-dealkylation sites (tertiary alicyclic amines) is 1. The summed E-state index contributed by atoms with van der Waals surface area (Å²) in [4.78, 5) is 12.6. The summed E-state index contributed by atoms with van der Waals surface area (Å²) < 4.78 is 6.20. The van der Waals surface area contributed by atoms with Gasteiger partial charge in [-0.3, -0.25) is 0 Å². The third-order valence-corrected chi connectivity index (χ3v) is 6.12. The molecule has 1 saturated heterocycles. The van der Waals surface area contributed by atoms with Crippen molar-refractivity contribution in [2.24, 2.45) is 11.3 Å². The van der Waals surface area contributed by atoms with Crippen molar-refractivity contribution in [2.75, 3.05) is 18.4 Å². The molecule has 1 amide bonds. The Labute approximate surface area is 163 Å². The van der Waals surface area contributed by atoms with Crippen molar-refractivity contribution < 1.29 is 14.6 Å². The van der Waals surface area contributed by atoms with E-state index in [0.717, 1.165) is 43.0 Å². The lowest BCUT2D eigenvalue weighted by Gasteiger charge is -2.37. The van der Waals surface area contributed by atoms with E-state index in [4.69, 9.17) is 9.84 Å². The lowest BCUT2D eigenvalue weighted by Crippen LogP contribution is -2.44. The van der Waals surface area contributed by atoms with Crippen LogP contribution in [0.25, 0.3) is 0 Å². The average molecular weight is 375 g/mol. The maximum Gasteiger partial charge on any atom is 0.407 e. The molecule has 1 heterocycles. The maximum atomic E-state index is 11.1.